The van der Waals surface area contributed by atoms with Crippen LogP contribution in [0.25, 0.3) is 6.08 Å². The molecule has 1 aliphatic heterocycles. The molecule has 0 spiro atoms. The number of benzene rings is 2. The van der Waals surface area contributed by atoms with Gasteiger partial charge >= 0.3 is 0 Å². The monoisotopic (exact) mass is 350 g/mol. The maximum atomic E-state index is 11.9. The highest BCUT2D eigenvalue weighted by Gasteiger charge is 2.11. The quantitative estimate of drug-likeness (QED) is 0.583. The number of fused-ring (bicyclic) bond motifs is 1. The van der Waals surface area contributed by atoms with Gasteiger partial charge in [0.1, 0.15) is 5.75 Å². The number of nitrogens with one attached hydrogen (secondary N) is 1. The number of hydrogen-bond donors (Lipinski definition) is 1. The number of anilines is 1. The van der Waals surface area contributed by atoms with Crippen LogP contribution in [-0.4, -0.2) is 32.7 Å². The van der Waals surface area contributed by atoms with E-state index in [1.54, 1.807) is 6.08 Å². The fourth-order valence-corrected chi connectivity index (χ4v) is 3.04. The summed E-state index contributed by atoms with van der Waals surface area (Å²) in [5.74, 6) is 0.922. The van der Waals surface area contributed by atoms with Crippen molar-refractivity contribution in [1.82, 2.24) is 5.32 Å². The first kappa shape index (κ1) is 18.1. The minimum absolute atomic E-state index is 0.0434. The lowest BCUT2D eigenvalue weighted by atomic mass is 10.1. The molecule has 0 atom stereocenters. The number of para-hydroxylation sites is 1. The van der Waals surface area contributed by atoms with Crippen molar-refractivity contribution in [3.63, 3.8) is 0 Å². The molecule has 0 bridgehead atoms. The van der Waals surface area contributed by atoms with Gasteiger partial charge in [-0.3, -0.25) is 4.79 Å². The molecule has 0 saturated carbocycles. The molecule has 4 nitrogen and oxygen atoms in total. The number of carbonyl (C=O) groups excluding carboxylic acids is 1. The normalized spacial score (nSPS) is 12.7. The molecular weight excluding hydrogens is 324 g/mol. The summed E-state index contributed by atoms with van der Waals surface area (Å²) in [5, 5.41) is 2.95. The predicted octanol–water partition coefficient (Wildman–Crippen LogP) is 3.67. The summed E-state index contributed by atoms with van der Waals surface area (Å²) in [6.07, 6.45) is 6.42. The maximum absolute atomic E-state index is 11.9. The first-order chi connectivity index (χ1) is 12.7. The van der Waals surface area contributed by atoms with Gasteiger partial charge < -0.3 is 15.0 Å². The third-order valence-corrected chi connectivity index (χ3v) is 4.56. The van der Waals surface area contributed by atoms with Gasteiger partial charge in [-0.15, -0.1) is 0 Å². The molecule has 0 aromatic heterocycles. The van der Waals surface area contributed by atoms with Crippen LogP contribution in [0.2, 0.25) is 0 Å². The third kappa shape index (κ3) is 5.12. The van der Waals surface area contributed by atoms with E-state index >= 15 is 0 Å². The van der Waals surface area contributed by atoms with Gasteiger partial charge in [-0.25, -0.2) is 0 Å². The summed E-state index contributed by atoms with van der Waals surface area (Å²) in [6, 6.07) is 16.4. The molecule has 1 heterocycles. The number of carbonyl (C=O) groups is 1. The van der Waals surface area contributed by atoms with Gasteiger partial charge in [0.2, 0.25) is 5.91 Å². The minimum Gasteiger partial charge on any atom is -0.493 e. The average Bonchev–Trinajstić information content (AvgIpc) is 3.14. The largest absolute Gasteiger partial charge is 0.493 e. The van der Waals surface area contributed by atoms with Gasteiger partial charge in [-0.2, -0.15) is 0 Å². The highest BCUT2D eigenvalue weighted by molar-refractivity contribution is 5.91. The van der Waals surface area contributed by atoms with Crippen LogP contribution in [0.4, 0.5) is 5.69 Å². The zero-order valence-corrected chi connectivity index (χ0v) is 15.3. The zero-order valence-electron chi connectivity index (χ0n) is 15.3. The summed E-state index contributed by atoms with van der Waals surface area (Å²) < 4.78 is 5.49. The Labute approximate surface area is 155 Å². The van der Waals surface area contributed by atoms with Gasteiger partial charge in [0.05, 0.1) is 6.61 Å². The van der Waals surface area contributed by atoms with Gasteiger partial charge in [-0.05, 0) is 54.3 Å². The molecule has 2 aromatic carbocycles. The van der Waals surface area contributed by atoms with Crippen molar-refractivity contribution in [3.05, 3.63) is 65.7 Å². The van der Waals surface area contributed by atoms with E-state index < -0.39 is 0 Å². The van der Waals surface area contributed by atoms with Crippen LogP contribution in [0.1, 0.15) is 24.0 Å². The molecule has 2 aromatic rings. The molecule has 0 fully saturated rings. The van der Waals surface area contributed by atoms with Gasteiger partial charge in [-0.1, -0.05) is 24.3 Å². The van der Waals surface area contributed by atoms with Gasteiger partial charge in [0.15, 0.2) is 0 Å². The molecular formula is C22H26N2O2. The van der Waals surface area contributed by atoms with Crippen molar-refractivity contribution in [2.45, 2.75) is 19.3 Å². The van der Waals surface area contributed by atoms with E-state index in [2.05, 4.69) is 35.5 Å². The van der Waals surface area contributed by atoms with E-state index in [0.717, 1.165) is 43.7 Å². The lowest BCUT2D eigenvalue weighted by Crippen LogP contribution is -2.24. The Hall–Kier alpha value is -2.75. The summed E-state index contributed by atoms with van der Waals surface area (Å²) in [4.78, 5) is 14.2. The van der Waals surface area contributed by atoms with E-state index in [-0.39, 0.29) is 5.91 Å². The van der Waals surface area contributed by atoms with E-state index in [4.69, 9.17) is 4.74 Å². The molecule has 3 rings (SSSR count). The molecule has 0 aliphatic carbocycles. The van der Waals surface area contributed by atoms with Crippen molar-refractivity contribution in [2.24, 2.45) is 0 Å². The van der Waals surface area contributed by atoms with Crippen LogP contribution < -0.4 is 15.0 Å². The lowest BCUT2D eigenvalue weighted by molar-refractivity contribution is -0.116. The molecule has 26 heavy (non-hydrogen) atoms. The predicted molar refractivity (Wildman–Crippen MR) is 107 cm³/mol. The Morgan fingerprint density at radius 3 is 2.88 bits per heavy atom. The summed E-state index contributed by atoms with van der Waals surface area (Å²) in [5.41, 5.74) is 3.48. The van der Waals surface area contributed by atoms with Gasteiger partial charge in [0.25, 0.3) is 0 Å². The minimum atomic E-state index is -0.0434. The lowest BCUT2D eigenvalue weighted by Gasteiger charge is -2.18. The van der Waals surface area contributed by atoms with Crippen molar-refractivity contribution in [1.29, 1.82) is 0 Å². The Morgan fingerprint density at radius 2 is 2.04 bits per heavy atom. The second-order valence-electron chi connectivity index (χ2n) is 6.55. The average molecular weight is 350 g/mol. The molecule has 0 radical (unpaired) electrons. The smallest absolute Gasteiger partial charge is 0.243 e. The first-order valence-corrected chi connectivity index (χ1v) is 9.20. The molecule has 1 aliphatic rings. The van der Waals surface area contributed by atoms with Crippen molar-refractivity contribution in [3.8, 4) is 5.75 Å². The number of rotatable bonds is 8. The van der Waals surface area contributed by atoms with Crippen LogP contribution in [0.5, 0.6) is 5.75 Å². The van der Waals surface area contributed by atoms with Crippen LogP contribution in [0, 0.1) is 0 Å². The zero-order chi connectivity index (χ0) is 18.2. The van der Waals surface area contributed by atoms with Crippen LogP contribution in [-0.2, 0) is 11.2 Å². The molecule has 0 saturated heterocycles. The number of ether oxygens (including phenoxy) is 1. The number of nitrogens with zero attached hydrogens (tertiary/aromatic N) is 1. The molecule has 4 heteroatoms. The van der Waals surface area contributed by atoms with Crippen LogP contribution >= 0.6 is 0 Å². The Morgan fingerprint density at radius 1 is 1.19 bits per heavy atom. The molecule has 1 amide bonds. The second-order valence-corrected chi connectivity index (χ2v) is 6.55. The number of hydrogen-bond acceptors (Lipinski definition) is 3. The van der Waals surface area contributed by atoms with Crippen molar-refractivity contribution >= 4 is 17.7 Å². The second kappa shape index (κ2) is 9.09. The standard InChI is InChI=1S/C22H26N2O2/c1-24(20-7-3-2-4-8-20)15-6-5-14-23-22(25)12-10-18-9-11-21-19(17-18)13-16-26-21/h2-4,7-12,17H,5-6,13-16H2,1H3,(H,23,25). The highest BCUT2D eigenvalue weighted by Crippen LogP contribution is 2.26. The van der Waals surface area contributed by atoms with Crippen LogP contribution in [0.15, 0.2) is 54.6 Å². The molecule has 136 valence electrons. The topological polar surface area (TPSA) is 41.6 Å². The van der Waals surface area contributed by atoms with Gasteiger partial charge in [0, 0.05) is 38.3 Å². The van der Waals surface area contributed by atoms with E-state index in [0.29, 0.717) is 6.54 Å². The van der Waals surface area contributed by atoms with E-state index in [9.17, 15) is 4.79 Å². The number of unbranched alkanes of at least 4 members (excludes halogenated alkanes) is 1. The van der Waals surface area contributed by atoms with E-state index in [1.165, 1.54) is 11.3 Å². The molecule has 0 unspecified atom stereocenters. The fourth-order valence-electron chi connectivity index (χ4n) is 3.04. The first-order valence-electron chi connectivity index (χ1n) is 9.20. The summed E-state index contributed by atoms with van der Waals surface area (Å²) in [7, 11) is 2.10. The highest BCUT2D eigenvalue weighted by atomic mass is 16.5. The summed E-state index contributed by atoms with van der Waals surface area (Å²) in [6.45, 7) is 2.43. The Balaban J connectivity index is 1.34. The van der Waals surface area contributed by atoms with E-state index in [1.807, 2.05) is 36.4 Å². The fraction of sp³-hybridized carbons (Fsp3) is 0.318. The van der Waals surface area contributed by atoms with Crippen molar-refractivity contribution < 1.29 is 9.53 Å². The number of amides is 1. The maximum Gasteiger partial charge on any atom is 0.243 e. The Bertz CT molecular complexity index is 756. The van der Waals surface area contributed by atoms with Crippen molar-refractivity contribution in [2.75, 3.05) is 31.6 Å². The third-order valence-electron chi connectivity index (χ3n) is 4.56. The Kier molecular flexibility index (Phi) is 6.31. The molecule has 1 N–H and O–H groups in total. The van der Waals surface area contributed by atoms with Crippen LogP contribution in [0.3, 0.4) is 0 Å². The SMILES string of the molecule is CN(CCCCNC(=O)C=Cc1ccc2c(c1)CCO2)c1ccccc1. The summed E-state index contributed by atoms with van der Waals surface area (Å²) >= 11 is 0.